The van der Waals surface area contributed by atoms with Gasteiger partial charge in [0.25, 0.3) is 5.56 Å². The second-order valence-corrected chi connectivity index (χ2v) is 7.67. The van der Waals surface area contributed by atoms with E-state index >= 15 is 0 Å². The lowest BCUT2D eigenvalue weighted by molar-refractivity contribution is 0.0793. The van der Waals surface area contributed by atoms with Crippen LogP contribution < -0.4 is 5.56 Å². The summed E-state index contributed by atoms with van der Waals surface area (Å²) in [5.74, 6) is 1.73. The molecule has 0 amide bonds. The molecule has 1 atom stereocenters. The van der Waals surface area contributed by atoms with Crippen molar-refractivity contribution in [3.8, 4) is 0 Å². The number of nitrogens with zero attached hydrogens (tertiary/aromatic N) is 5. The molecule has 1 N–H and O–H groups in total. The van der Waals surface area contributed by atoms with Gasteiger partial charge in [-0.2, -0.15) is 0 Å². The van der Waals surface area contributed by atoms with Gasteiger partial charge in [-0.15, -0.1) is 0 Å². The van der Waals surface area contributed by atoms with Gasteiger partial charge in [-0.3, -0.25) is 14.3 Å². The molecular weight excluding hydrogens is 370 g/mol. The van der Waals surface area contributed by atoms with Crippen molar-refractivity contribution >= 4 is 10.9 Å². The van der Waals surface area contributed by atoms with E-state index in [0.717, 1.165) is 44.1 Å². The second-order valence-electron chi connectivity index (χ2n) is 7.67. The average molecular weight is 395 g/mol. The molecule has 0 bridgehead atoms. The van der Waals surface area contributed by atoms with Crippen molar-refractivity contribution in [2.45, 2.75) is 45.1 Å². The Morgan fingerprint density at radius 3 is 3.03 bits per heavy atom. The van der Waals surface area contributed by atoms with Gasteiger partial charge in [0.05, 0.1) is 42.4 Å². The van der Waals surface area contributed by atoms with Gasteiger partial charge in [-0.1, -0.05) is 12.1 Å². The van der Waals surface area contributed by atoms with Gasteiger partial charge in [0, 0.05) is 19.3 Å². The zero-order valence-electron chi connectivity index (χ0n) is 16.3. The number of hydrogen-bond acceptors (Lipinski definition) is 6. The van der Waals surface area contributed by atoms with E-state index in [1.165, 1.54) is 5.69 Å². The molecule has 1 saturated heterocycles. The molecular formula is C21H25N5O3. The third-order valence-corrected chi connectivity index (χ3v) is 5.95. The van der Waals surface area contributed by atoms with Crippen molar-refractivity contribution in [1.82, 2.24) is 24.0 Å². The quantitative estimate of drug-likeness (QED) is 0.704. The van der Waals surface area contributed by atoms with Crippen LogP contribution in [0.25, 0.3) is 10.9 Å². The van der Waals surface area contributed by atoms with E-state index in [1.807, 2.05) is 24.4 Å². The van der Waals surface area contributed by atoms with Crippen LogP contribution in [-0.2, 0) is 31.0 Å². The van der Waals surface area contributed by atoms with E-state index in [-0.39, 0.29) is 24.8 Å². The minimum atomic E-state index is -0.0875. The minimum Gasteiger partial charge on any atom is -0.395 e. The summed E-state index contributed by atoms with van der Waals surface area (Å²) in [7, 11) is 0. The molecule has 2 aliphatic heterocycles. The maximum Gasteiger partial charge on any atom is 0.261 e. The van der Waals surface area contributed by atoms with Crippen LogP contribution in [0.2, 0.25) is 0 Å². The molecule has 0 saturated carbocycles. The highest BCUT2D eigenvalue weighted by molar-refractivity contribution is 5.77. The number of likely N-dealkylation sites (tertiary alicyclic amines) is 1. The fourth-order valence-corrected chi connectivity index (χ4v) is 4.56. The maximum atomic E-state index is 13.1. The first kappa shape index (κ1) is 18.5. The number of aliphatic hydroxyl groups is 1. The molecule has 5 rings (SSSR count). The summed E-state index contributed by atoms with van der Waals surface area (Å²) in [5, 5.41) is 10.2. The van der Waals surface area contributed by atoms with Gasteiger partial charge in [0.2, 0.25) is 0 Å². The van der Waals surface area contributed by atoms with Gasteiger partial charge < -0.3 is 14.4 Å². The van der Waals surface area contributed by atoms with E-state index in [2.05, 4.69) is 14.5 Å². The first-order valence-corrected chi connectivity index (χ1v) is 10.2. The smallest absolute Gasteiger partial charge is 0.261 e. The highest BCUT2D eigenvalue weighted by Crippen LogP contribution is 2.32. The average Bonchev–Trinajstić information content (AvgIpc) is 3.38. The Morgan fingerprint density at radius 2 is 2.14 bits per heavy atom. The number of aliphatic hydroxyl groups excluding tert-OH is 1. The topological polar surface area (TPSA) is 85.4 Å². The van der Waals surface area contributed by atoms with Crippen LogP contribution in [0.5, 0.6) is 0 Å². The molecule has 2 aromatic heterocycles. The van der Waals surface area contributed by atoms with Crippen LogP contribution >= 0.6 is 0 Å². The monoisotopic (exact) mass is 395 g/mol. The van der Waals surface area contributed by atoms with Crippen LogP contribution in [0, 0.1) is 0 Å². The zero-order chi connectivity index (χ0) is 19.8. The largest absolute Gasteiger partial charge is 0.395 e. The van der Waals surface area contributed by atoms with E-state index in [0.29, 0.717) is 24.1 Å². The molecule has 0 radical (unpaired) electrons. The number of ether oxygens (including phenoxy) is 1. The highest BCUT2D eigenvalue weighted by Gasteiger charge is 2.31. The van der Waals surface area contributed by atoms with Gasteiger partial charge in [0.1, 0.15) is 18.3 Å². The van der Waals surface area contributed by atoms with Crippen LogP contribution in [0.3, 0.4) is 0 Å². The van der Waals surface area contributed by atoms with Crippen molar-refractivity contribution in [3.05, 3.63) is 58.2 Å². The zero-order valence-corrected chi connectivity index (χ0v) is 16.3. The Balaban J connectivity index is 1.52. The lowest BCUT2D eigenvalue weighted by Gasteiger charge is -2.27. The number of fused-ring (bicyclic) bond motifs is 2. The fraction of sp³-hybridized carbons (Fsp3) is 0.476. The molecule has 2 aliphatic rings. The summed E-state index contributed by atoms with van der Waals surface area (Å²) in [6, 6.07) is 7.49. The predicted octanol–water partition coefficient (Wildman–Crippen LogP) is 1.45. The Kier molecular flexibility index (Phi) is 4.91. The molecule has 8 nitrogen and oxygen atoms in total. The van der Waals surface area contributed by atoms with E-state index in [1.54, 1.807) is 10.6 Å². The molecule has 0 spiro atoms. The number of hydrogen-bond donors (Lipinski definition) is 1. The Morgan fingerprint density at radius 1 is 1.24 bits per heavy atom. The third-order valence-electron chi connectivity index (χ3n) is 5.95. The molecule has 4 heterocycles. The Bertz CT molecular complexity index is 1090. The van der Waals surface area contributed by atoms with Crippen molar-refractivity contribution < 1.29 is 9.84 Å². The molecule has 1 aromatic carbocycles. The number of benzene rings is 1. The van der Waals surface area contributed by atoms with E-state index in [4.69, 9.17) is 9.72 Å². The Labute approximate surface area is 168 Å². The van der Waals surface area contributed by atoms with Crippen molar-refractivity contribution in [2.24, 2.45) is 0 Å². The first-order valence-electron chi connectivity index (χ1n) is 10.2. The molecule has 1 fully saturated rings. The van der Waals surface area contributed by atoms with Crippen LogP contribution in [-0.4, -0.2) is 48.9 Å². The van der Waals surface area contributed by atoms with Gasteiger partial charge in [-0.05, 0) is 31.5 Å². The summed E-state index contributed by atoms with van der Waals surface area (Å²) in [5.41, 5.74) is 1.81. The standard InChI is InChI=1S/C21H25N5O3/c27-10-8-26-20(23-17-5-2-1-4-16(17)21(26)28)18-6-3-7-24(18)13-15-12-22-19-14-29-11-9-25(15)19/h1-2,4-5,12,18,27H,3,6-11,13-14H2. The molecule has 1 unspecified atom stereocenters. The van der Waals surface area contributed by atoms with Crippen LogP contribution in [0.4, 0.5) is 0 Å². The van der Waals surface area contributed by atoms with Gasteiger partial charge in [-0.25, -0.2) is 9.97 Å². The van der Waals surface area contributed by atoms with Crippen LogP contribution in [0.15, 0.2) is 35.3 Å². The SMILES string of the molecule is O=c1c2ccccc2nc(C2CCCN2Cc2cnc3n2CCOC3)n1CCO. The van der Waals surface area contributed by atoms with Gasteiger partial charge in [0.15, 0.2) is 0 Å². The van der Waals surface area contributed by atoms with Crippen LogP contribution in [0.1, 0.15) is 36.2 Å². The summed E-state index contributed by atoms with van der Waals surface area (Å²) in [6.45, 7) is 3.98. The number of imidazole rings is 1. The number of aromatic nitrogens is 4. The summed E-state index contributed by atoms with van der Waals surface area (Å²) in [4.78, 5) is 24.8. The Hall–Kier alpha value is -2.55. The highest BCUT2D eigenvalue weighted by atomic mass is 16.5. The minimum absolute atomic E-state index is 0.0462. The van der Waals surface area contributed by atoms with Crippen molar-refractivity contribution in [3.63, 3.8) is 0 Å². The van der Waals surface area contributed by atoms with E-state index < -0.39 is 0 Å². The normalized spacial score (nSPS) is 19.7. The molecule has 8 heteroatoms. The second kappa shape index (κ2) is 7.70. The summed E-state index contributed by atoms with van der Waals surface area (Å²) >= 11 is 0. The lowest BCUT2D eigenvalue weighted by atomic mass is 10.1. The maximum absolute atomic E-state index is 13.1. The number of para-hydroxylation sites is 1. The lowest BCUT2D eigenvalue weighted by Crippen LogP contribution is -2.33. The first-order chi connectivity index (χ1) is 14.3. The molecule has 0 aliphatic carbocycles. The molecule has 3 aromatic rings. The summed E-state index contributed by atoms with van der Waals surface area (Å²) in [6.07, 6.45) is 3.94. The predicted molar refractivity (Wildman–Crippen MR) is 107 cm³/mol. The fourth-order valence-electron chi connectivity index (χ4n) is 4.56. The van der Waals surface area contributed by atoms with Gasteiger partial charge >= 0.3 is 0 Å². The summed E-state index contributed by atoms with van der Waals surface area (Å²) < 4.78 is 9.40. The van der Waals surface area contributed by atoms with Crippen molar-refractivity contribution in [1.29, 1.82) is 0 Å². The number of rotatable bonds is 5. The van der Waals surface area contributed by atoms with E-state index in [9.17, 15) is 9.90 Å². The molecule has 29 heavy (non-hydrogen) atoms. The van der Waals surface area contributed by atoms with Crippen molar-refractivity contribution in [2.75, 3.05) is 19.8 Å². The molecule has 152 valence electrons. The third kappa shape index (κ3) is 3.27.